The number of rotatable bonds is 2. The lowest BCUT2D eigenvalue weighted by Crippen LogP contribution is -2.26. The first-order valence-electron chi connectivity index (χ1n) is 5.85. The van der Waals surface area contributed by atoms with E-state index >= 15 is 0 Å². The first-order chi connectivity index (χ1) is 7.15. The Morgan fingerprint density at radius 1 is 1.33 bits per heavy atom. The minimum atomic E-state index is 0.305. The maximum atomic E-state index is 9.07. The first kappa shape index (κ1) is 10.7. The van der Waals surface area contributed by atoms with Crippen LogP contribution in [0.4, 0.5) is 0 Å². The number of benzene rings is 1. The van der Waals surface area contributed by atoms with Gasteiger partial charge in [0.05, 0.1) is 0 Å². The molecule has 1 unspecified atom stereocenters. The maximum absolute atomic E-state index is 9.07. The Labute approximate surface area is 92.1 Å². The van der Waals surface area contributed by atoms with E-state index in [1.165, 1.54) is 24.0 Å². The first-order valence-corrected chi connectivity index (χ1v) is 5.85. The molecule has 0 aliphatic heterocycles. The van der Waals surface area contributed by atoms with Gasteiger partial charge in [-0.15, -0.1) is 0 Å². The number of hydrogen-bond acceptors (Lipinski definition) is 1. The van der Waals surface area contributed by atoms with Crippen LogP contribution in [0.1, 0.15) is 50.2 Å². The molecule has 15 heavy (non-hydrogen) atoms. The molecule has 0 amide bonds. The lowest BCUT2D eigenvalue weighted by Gasteiger charge is -2.37. The summed E-state index contributed by atoms with van der Waals surface area (Å²) in [5.41, 5.74) is 3.25. The molecule has 1 atom stereocenters. The molecule has 0 radical (unpaired) electrons. The molecule has 0 saturated heterocycles. The van der Waals surface area contributed by atoms with Gasteiger partial charge >= 0.3 is 0 Å². The molecule has 0 bridgehead atoms. The van der Waals surface area contributed by atoms with Gasteiger partial charge in [-0.25, -0.2) is 0 Å². The van der Waals surface area contributed by atoms with E-state index in [1.54, 1.807) is 0 Å². The van der Waals surface area contributed by atoms with Crippen LogP contribution in [0.5, 0.6) is 0 Å². The van der Waals surface area contributed by atoms with Crippen LogP contribution in [0.25, 0.3) is 0 Å². The minimum Gasteiger partial charge on any atom is -0.396 e. The zero-order valence-electron chi connectivity index (χ0n) is 9.66. The summed E-state index contributed by atoms with van der Waals surface area (Å²) < 4.78 is 0. The maximum Gasteiger partial charge on any atom is 0.0436 e. The molecule has 1 aromatic rings. The van der Waals surface area contributed by atoms with Crippen molar-refractivity contribution in [2.24, 2.45) is 0 Å². The van der Waals surface area contributed by atoms with Gasteiger partial charge in [-0.3, -0.25) is 0 Å². The van der Waals surface area contributed by atoms with E-state index in [0.717, 1.165) is 6.42 Å². The second kappa shape index (κ2) is 3.97. The van der Waals surface area contributed by atoms with Crippen LogP contribution in [0.3, 0.4) is 0 Å². The van der Waals surface area contributed by atoms with Gasteiger partial charge in [0.2, 0.25) is 0 Å². The molecule has 1 aliphatic carbocycles. The summed E-state index contributed by atoms with van der Waals surface area (Å²) in [6.45, 7) is 4.95. The molecule has 2 rings (SSSR count). The summed E-state index contributed by atoms with van der Waals surface area (Å²) in [7, 11) is 0. The summed E-state index contributed by atoms with van der Waals surface area (Å²) in [4.78, 5) is 0. The third kappa shape index (κ3) is 1.93. The fourth-order valence-corrected chi connectivity index (χ4v) is 2.75. The van der Waals surface area contributed by atoms with Gasteiger partial charge < -0.3 is 5.11 Å². The van der Waals surface area contributed by atoms with E-state index in [9.17, 15) is 0 Å². The van der Waals surface area contributed by atoms with Crippen molar-refractivity contribution >= 4 is 0 Å². The van der Waals surface area contributed by atoms with Gasteiger partial charge in [0.15, 0.2) is 0 Å². The average molecular weight is 204 g/mol. The quantitative estimate of drug-likeness (QED) is 0.784. The normalized spacial score (nSPS) is 23.5. The molecule has 0 saturated carbocycles. The van der Waals surface area contributed by atoms with E-state index < -0.39 is 0 Å². The minimum absolute atomic E-state index is 0.305. The highest BCUT2D eigenvalue weighted by atomic mass is 16.3. The number of aliphatic hydroxyl groups excluding tert-OH is 1. The SMILES string of the molecule is CC1(C)CCC(CCO)c2ccccc21. The van der Waals surface area contributed by atoms with Gasteiger partial charge in [0.1, 0.15) is 0 Å². The van der Waals surface area contributed by atoms with Crippen LogP contribution in [0, 0.1) is 0 Å². The van der Waals surface area contributed by atoms with E-state index in [-0.39, 0.29) is 0 Å². The molecule has 1 aliphatic rings. The van der Waals surface area contributed by atoms with Crippen molar-refractivity contribution in [3.63, 3.8) is 0 Å². The highest BCUT2D eigenvalue weighted by Gasteiger charge is 2.31. The van der Waals surface area contributed by atoms with Crippen LogP contribution >= 0.6 is 0 Å². The number of fused-ring (bicyclic) bond motifs is 1. The predicted octanol–water partition coefficient (Wildman–Crippen LogP) is 3.22. The standard InChI is InChI=1S/C14H20O/c1-14(2)9-7-11(8-10-15)12-5-3-4-6-13(12)14/h3-6,11,15H,7-10H2,1-2H3. The van der Waals surface area contributed by atoms with E-state index in [2.05, 4.69) is 38.1 Å². The fraction of sp³-hybridized carbons (Fsp3) is 0.571. The topological polar surface area (TPSA) is 20.2 Å². The second-order valence-electron chi connectivity index (χ2n) is 5.22. The summed E-state index contributed by atoms with van der Waals surface area (Å²) in [5.74, 6) is 0.569. The van der Waals surface area contributed by atoms with Gasteiger partial charge in [-0.05, 0) is 41.7 Å². The van der Waals surface area contributed by atoms with Crippen molar-refractivity contribution in [1.29, 1.82) is 0 Å². The van der Waals surface area contributed by atoms with Crippen LogP contribution in [-0.2, 0) is 5.41 Å². The Morgan fingerprint density at radius 3 is 2.80 bits per heavy atom. The zero-order chi connectivity index (χ0) is 10.9. The third-order valence-electron chi connectivity index (χ3n) is 3.73. The van der Waals surface area contributed by atoms with Crippen molar-refractivity contribution in [3.05, 3.63) is 35.4 Å². The summed E-state index contributed by atoms with van der Waals surface area (Å²) >= 11 is 0. The van der Waals surface area contributed by atoms with Gasteiger partial charge in [-0.2, -0.15) is 0 Å². The summed E-state index contributed by atoms with van der Waals surface area (Å²) in [6, 6.07) is 8.72. The average Bonchev–Trinajstić information content (AvgIpc) is 2.23. The zero-order valence-corrected chi connectivity index (χ0v) is 9.66. The predicted molar refractivity (Wildman–Crippen MR) is 63.1 cm³/mol. The highest BCUT2D eigenvalue weighted by Crippen LogP contribution is 2.43. The van der Waals surface area contributed by atoms with Crippen LogP contribution < -0.4 is 0 Å². The third-order valence-corrected chi connectivity index (χ3v) is 3.73. The van der Waals surface area contributed by atoms with Crippen molar-refractivity contribution < 1.29 is 5.11 Å². The van der Waals surface area contributed by atoms with Crippen LogP contribution in [-0.4, -0.2) is 11.7 Å². The van der Waals surface area contributed by atoms with E-state index in [0.29, 0.717) is 17.9 Å². The monoisotopic (exact) mass is 204 g/mol. The van der Waals surface area contributed by atoms with E-state index in [4.69, 9.17) is 5.11 Å². The Bertz CT molecular complexity index is 341. The molecule has 1 N–H and O–H groups in total. The molecule has 0 heterocycles. The Morgan fingerprint density at radius 2 is 2.07 bits per heavy atom. The largest absolute Gasteiger partial charge is 0.396 e. The fourth-order valence-electron chi connectivity index (χ4n) is 2.75. The lowest BCUT2D eigenvalue weighted by atomic mass is 9.68. The van der Waals surface area contributed by atoms with Crippen LogP contribution in [0.2, 0.25) is 0 Å². The van der Waals surface area contributed by atoms with Crippen molar-refractivity contribution in [2.75, 3.05) is 6.61 Å². The second-order valence-corrected chi connectivity index (χ2v) is 5.22. The van der Waals surface area contributed by atoms with Crippen molar-refractivity contribution in [1.82, 2.24) is 0 Å². The van der Waals surface area contributed by atoms with Crippen molar-refractivity contribution in [2.45, 2.75) is 44.4 Å². The molecule has 1 nitrogen and oxygen atoms in total. The van der Waals surface area contributed by atoms with Gasteiger partial charge in [0.25, 0.3) is 0 Å². The number of hydrogen-bond donors (Lipinski definition) is 1. The Kier molecular flexibility index (Phi) is 2.83. The van der Waals surface area contributed by atoms with Gasteiger partial charge in [0, 0.05) is 6.61 Å². The Balaban J connectivity index is 2.39. The van der Waals surface area contributed by atoms with Gasteiger partial charge in [-0.1, -0.05) is 38.1 Å². The molecule has 1 heteroatoms. The lowest BCUT2D eigenvalue weighted by molar-refractivity contribution is 0.261. The van der Waals surface area contributed by atoms with Crippen molar-refractivity contribution in [3.8, 4) is 0 Å². The molecular weight excluding hydrogens is 184 g/mol. The summed E-state index contributed by atoms with van der Waals surface area (Å²) in [6.07, 6.45) is 3.35. The molecule has 0 spiro atoms. The molecule has 82 valence electrons. The molecular formula is C14H20O. The Hall–Kier alpha value is -0.820. The number of aliphatic hydroxyl groups is 1. The van der Waals surface area contributed by atoms with E-state index in [1.807, 2.05) is 0 Å². The van der Waals surface area contributed by atoms with Crippen LogP contribution in [0.15, 0.2) is 24.3 Å². The highest BCUT2D eigenvalue weighted by molar-refractivity contribution is 5.38. The molecule has 1 aromatic carbocycles. The summed E-state index contributed by atoms with van der Waals surface area (Å²) in [5, 5.41) is 9.07. The molecule has 0 fully saturated rings. The smallest absolute Gasteiger partial charge is 0.0436 e. The molecule has 0 aromatic heterocycles.